The molecule has 364 valence electrons. The molecule has 7 N–H and O–H groups in total. The van der Waals surface area contributed by atoms with E-state index in [1.165, 1.54) is 167 Å². The highest BCUT2D eigenvalue weighted by molar-refractivity contribution is 5.76. The number of unbranched alkanes of at least 4 members (excludes halogenated alkanes) is 27. The number of amides is 1. The molecule has 1 fully saturated rings. The minimum atomic E-state index is -1.61. The van der Waals surface area contributed by atoms with E-state index in [2.05, 4.69) is 31.0 Å². The van der Waals surface area contributed by atoms with Crippen LogP contribution in [0.15, 0.2) is 0 Å². The molecule has 1 heterocycles. The second kappa shape index (κ2) is 40.6. The van der Waals surface area contributed by atoms with Crippen LogP contribution in [0.5, 0.6) is 0 Å². The highest BCUT2D eigenvalue weighted by atomic mass is 16.7. The van der Waals surface area contributed by atoms with Crippen LogP contribution in [0.3, 0.4) is 0 Å². The number of nitrogens with one attached hydrogen (secondary N) is 1. The summed E-state index contributed by atoms with van der Waals surface area (Å²) in [6.45, 7) is 9.65. The van der Waals surface area contributed by atoms with E-state index < -0.39 is 55.6 Å². The minimum absolute atomic E-state index is 0.255. The van der Waals surface area contributed by atoms with Gasteiger partial charge < -0.3 is 50.3 Å². The highest BCUT2D eigenvalue weighted by Gasteiger charge is 2.44. The van der Waals surface area contributed by atoms with Crippen molar-refractivity contribution in [2.24, 2.45) is 0 Å². The van der Waals surface area contributed by atoms with Crippen molar-refractivity contribution in [1.29, 1.82) is 0 Å². The second-order valence-corrected chi connectivity index (χ2v) is 18.5. The first-order chi connectivity index (χ1) is 29.7. The third-order valence-corrected chi connectivity index (χ3v) is 12.8. The number of aliphatic hydroxyl groups is 6. The summed E-state index contributed by atoms with van der Waals surface area (Å²) in [4.78, 5) is 15.8. The molecule has 1 aliphatic heterocycles. The Morgan fingerprint density at radius 2 is 0.951 bits per heavy atom. The summed E-state index contributed by atoms with van der Waals surface area (Å²) in [6.07, 6.45) is 29.0. The number of nitrogens with zero attached hydrogens (tertiary/aromatic N) is 1. The summed E-state index contributed by atoms with van der Waals surface area (Å²) in [5.41, 5.74) is 0. The van der Waals surface area contributed by atoms with Crippen LogP contribution in [0.2, 0.25) is 0 Å². The molecule has 0 spiro atoms. The van der Waals surface area contributed by atoms with Gasteiger partial charge in [-0.1, -0.05) is 194 Å². The maximum atomic E-state index is 13.1. The van der Waals surface area contributed by atoms with Gasteiger partial charge in [0.2, 0.25) is 5.91 Å². The number of ether oxygens (including phenoxy) is 2. The number of carbonyl (C=O) groups excluding carboxylic acids is 1. The fourth-order valence-electron chi connectivity index (χ4n) is 8.61. The third kappa shape index (κ3) is 30.0. The Morgan fingerprint density at radius 3 is 1.38 bits per heavy atom. The molecular formula is C50H100N2O9. The van der Waals surface area contributed by atoms with Gasteiger partial charge in [-0.05, 0) is 51.7 Å². The summed E-state index contributed by atoms with van der Waals surface area (Å²) in [6, 6.07) is -0.990. The molecule has 0 aromatic heterocycles. The van der Waals surface area contributed by atoms with E-state index >= 15 is 0 Å². The normalized spacial score (nSPS) is 20.9. The number of rotatable bonds is 44. The lowest BCUT2D eigenvalue weighted by molar-refractivity contribution is -0.303. The van der Waals surface area contributed by atoms with Gasteiger partial charge in [0.05, 0.1) is 25.4 Å². The molecule has 11 nitrogen and oxygen atoms in total. The Kier molecular flexibility index (Phi) is 38.7. The zero-order chi connectivity index (χ0) is 44.8. The highest BCUT2D eigenvalue weighted by Crippen LogP contribution is 2.23. The van der Waals surface area contributed by atoms with Gasteiger partial charge in [0.1, 0.15) is 30.5 Å². The van der Waals surface area contributed by atoms with Crippen LogP contribution < -0.4 is 5.32 Å². The Balaban J connectivity index is 2.43. The van der Waals surface area contributed by atoms with Gasteiger partial charge in [0.25, 0.3) is 0 Å². The van der Waals surface area contributed by atoms with E-state index in [0.29, 0.717) is 6.42 Å². The van der Waals surface area contributed by atoms with E-state index in [-0.39, 0.29) is 18.9 Å². The van der Waals surface area contributed by atoms with Gasteiger partial charge in [-0.15, -0.1) is 0 Å². The van der Waals surface area contributed by atoms with E-state index in [1.54, 1.807) is 0 Å². The van der Waals surface area contributed by atoms with E-state index in [1.807, 2.05) is 0 Å². The smallest absolute Gasteiger partial charge is 0.220 e. The summed E-state index contributed by atoms with van der Waals surface area (Å²) < 4.78 is 11.2. The Bertz CT molecular complexity index is 948. The Morgan fingerprint density at radius 1 is 0.557 bits per heavy atom. The maximum Gasteiger partial charge on any atom is 0.220 e. The van der Waals surface area contributed by atoms with Crippen LogP contribution in [0, 0.1) is 0 Å². The fraction of sp³-hybridized carbons (Fsp3) is 0.980. The van der Waals surface area contributed by atoms with Crippen LogP contribution in [-0.2, 0) is 14.3 Å². The van der Waals surface area contributed by atoms with Crippen LogP contribution in [-0.4, -0.2) is 123 Å². The summed E-state index contributed by atoms with van der Waals surface area (Å²) in [7, 11) is 0. The van der Waals surface area contributed by atoms with Crippen LogP contribution in [0.4, 0.5) is 0 Å². The Labute approximate surface area is 374 Å². The lowest BCUT2D eigenvalue weighted by Gasteiger charge is -2.40. The molecule has 0 aromatic carbocycles. The van der Waals surface area contributed by atoms with Crippen molar-refractivity contribution in [3.8, 4) is 0 Å². The van der Waals surface area contributed by atoms with Crippen molar-refractivity contribution in [3.05, 3.63) is 0 Å². The lowest BCUT2D eigenvalue weighted by atomic mass is 9.98. The molecule has 0 bridgehead atoms. The van der Waals surface area contributed by atoms with Crippen molar-refractivity contribution in [1.82, 2.24) is 10.2 Å². The molecule has 0 aliphatic carbocycles. The monoisotopic (exact) mass is 873 g/mol. The molecule has 1 amide bonds. The molecular weight excluding hydrogens is 773 g/mol. The maximum absolute atomic E-state index is 13.1. The van der Waals surface area contributed by atoms with Crippen molar-refractivity contribution in [2.45, 2.75) is 282 Å². The van der Waals surface area contributed by atoms with Crippen molar-refractivity contribution >= 4 is 5.91 Å². The number of carbonyl (C=O) groups is 1. The van der Waals surface area contributed by atoms with Crippen molar-refractivity contribution < 1.29 is 44.9 Å². The van der Waals surface area contributed by atoms with E-state index in [4.69, 9.17) is 9.47 Å². The lowest BCUT2D eigenvalue weighted by Crippen LogP contribution is -2.60. The molecule has 0 aromatic rings. The van der Waals surface area contributed by atoms with Gasteiger partial charge in [-0.2, -0.15) is 0 Å². The first-order valence-corrected chi connectivity index (χ1v) is 26.0. The summed E-state index contributed by atoms with van der Waals surface area (Å²) in [5.74, 6) is -0.255. The fourth-order valence-corrected chi connectivity index (χ4v) is 8.61. The number of hydrogen-bond acceptors (Lipinski definition) is 10. The summed E-state index contributed by atoms with van der Waals surface area (Å²) >= 11 is 0. The molecule has 1 saturated heterocycles. The van der Waals surface area contributed by atoms with Crippen LogP contribution in [0.25, 0.3) is 0 Å². The molecule has 0 radical (unpaired) electrons. The summed E-state index contributed by atoms with van der Waals surface area (Å²) in [5, 5.41) is 65.4. The third-order valence-electron chi connectivity index (χ3n) is 12.8. The molecule has 8 atom stereocenters. The van der Waals surface area contributed by atoms with Gasteiger partial charge >= 0.3 is 0 Å². The SMILES string of the molecule is CCCCCCCCCCCCCC[C@@H](O)[C@@H](O)[C@H](CO[C@H]1O[C@H](CO)[C@H](O)[C@H](O)[C@H]1O)NC(=O)CCCCCCCCCCCN(CCCCCCC)CCCCCCC. The molecule has 1 aliphatic rings. The predicted octanol–water partition coefficient (Wildman–Crippen LogP) is 9.24. The standard InChI is InChI=1S/C50H100N2O9/c1-4-7-10-13-14-15-16-17-19-22-25-30-35-43(54)46(56)42(41-60-50-49(59)48(58)47(57)44(40-53)61-50)51-45(55)36-31-26-23-20-18-21-24-29-34-39-52(37-32-27-11-8-5-2)38-33-28-12-9-6-3/h42-44,46-50,53-54,56-59H,4-41H2,1-3H3,(H,51,55)/t42-,43+,44+,46-,47-,48-,49+,50-/m0/s1. The number of aliphatic hydroxyl groups excluding tert-OH is 6. The zero-order valence-electron chi connectivity index (χ0n) is 39.8. The minimum Gasteiger partial charge on any atom is -0.394 e. The van der Waals surface area contributed by atoms with E-state index in [0.717, 1.165) is 51.4 Å². The molecule has 1 rings (SSSR count). The average Bonchev–Trinajstić information content (AvgIpc) is 3.26. The second-order valence-electron chi connectivity index (χ2n) is 18.5. The van der Waals surface area contributed by atoms with Gasteiger partial charge in [0.15, 0.2) is 6.29 Å². The topological polar surface area (TPSA) is 172 Å². The quantitative estimate of drug-likeness (QED) is 0.0293. The first-order valence-electron chi connectivity index (χ1n) is 26.0. The molecule has 0 unspecified atom stereocenters. The average molecular weight is 873 g/mol. The van der Waals surface area contributed by atoms with Gasteiger partial charge in [0, 0.05) is 6.42 Å². The Hall–Kier alpha value is -0.890. The predicted molar refractivity (Wildman–Crippen MR) is 249 cm³/mol. The van der Waals surface area contributed by atoms with Crippen molar-refractivity contribution in [3.63, 3.8) is 0 Å². The molecule has 11 heteroatoms. The van der Waals surface area contributed by atoms with Gasteiger partial charge in [-0.3, -0.25) is 4.79 Å². The van der Waals surface area contributed by atoms with Crippen molar-refractivity contribution in [2.75, 3.05) is 32.8 Å². The molecule has 61 heavy (non-hydrogen) atoms. The van der Waals surface area contributed by atoms with Crippen LogP contribution >= 0.6 is 0 Å². The number of hydrogen-bond donors (Lipinski definition) is 7. The van der Waals surface area contributed by atoms with E-state index in [9.17, 15) is 35.4 Å². The van der Waals surface area contributed by atoms with Gasteiger partial charge in [-0.25, -0.2) is 0 Å². The first kappa shape index (κ1) is 58.1. The largest absolute Gasteiger partial charge is 0.394 e. The zero-order valence-corrected chi connectivity index (χ0v) is 39.8. The molecule has 0 saturated carbocycles. The van der Waals surface area contributed by atoms with Crippen LogP contribution in [0.1, 0.15) is 233 Å².